The summed E-state index contributed by atoms with van der Waals surface area (Å²) in [6.45, 7) is 0.602. The van der Waals surface area contributed by atoms with Crippen LogP contribution in [0.1, 0.15) is 5.56 Å². The average Bonchev–Trinajstić information content (AvgIpc) is 3.09. The average molecular weight is 373 g/mol. The first-order chi connectivity index (χ1) is 12.0. The lowest BCUT2D eigenvalue weighted by Gasteiger charge is -2.18. The molecular weight excluding hydrogens is 352 g/mol. The first kappa shape index (κ1) is 17.7. The highest BCUT2D eigenvalue weighted by Crippen LogP contribution is 2.28. The summed E-state index contributed by atoms with van der Waals surface area (Å²) in [5.41, 5.74) is 3.20. The lowest BCUT2D eigenvalue weighted by atomic mass is 10.2. The highest BCUT2D eigenvalue weighted by atomic mass is 32.2. The number of fused-ring (bicyclic) bond motifs is 1. The van der Waals surface area contributed by atoms with E-state index in [0.29, 0.717) is 12.3 Å². The van der Waals surface area contributed by atoms with Crippen LogP contribution >= 0.6 is 23.1 Å². The van der Waals surface area contributed by atoms with E-state index in [0.717, 1.165) is 26.5 Å². The van der Waals surface area contributed by atoms with Gasteiger partial charge in [0, 0.05) is 33.4 Å². The number of nitrogens with zero attached hydrogens (tertiary/aromatic N) is 4. The van der Waals surface area contributed by atoms with Gasteiger partial charge in [-0.2, -0.15) is 0 Å². The standard InChI is InChI=1S/C18H20N4OS2/c1-21(2)14-6-4-13(5-7-14)10-22(3)16(23)11-25-18-17-15(8-9-24-17)19-12-20-18/h4-9,12H,10-11H2,1-3H3. The summed E-state index contributed by atoms with van der Waals surface area (Å²) in [5.74, 6) is 0.459. The molecule has 0 atom stereocenters. The quantitative estimate of drug-likeness (QED) is 0.489. The van der Waals surface area contributed by atoms with Crippen molar-refractivity contribution < 1.29 is 4.79 Å². The molecule has 1 aromatic carbocycles. The molecule has 0 fully saturated rings. The Balaban J connectivity index is 1.58. The van der Waals surface area contributed by atoms with Gasteiger partial charge in [-0.25, -0.2) is 9.97 Å². The van der Waals surface area contributed by atoms with Crippen LogP contribution in [0.2, 0.25) is 0 Å². The zero-order chi connectivity index (χ0) is 17.8. The highest BCUT2D eigenvalue weighted by Gasteiger charge is 2.13. The second-order valence-corrected chi connectivity index (χ2v) is 7.79. The van der Waals surface area contributed by atoms with Crippen LogP contribution in [0.25, 0.3) is 10.2 Å². The van der Waals surface area contributed by atoms with Gasteiger partial charge in [-0.1, -0.05) is 23.9 Å². The molecule has 1 amide bonds. The molecule has 25 heavy (non-hydrogen) atoms. The minimum atomic E-state index is 0.0880. The van der Waals surface area contributed by atoms with Gasteiger partial charge in [-0.3, -0.25) is 4.79 Å². The molecule has 7 heteroatoms. The molecule has 0 saturated heterocycles. The van der Waals surface area contributed by atoms with E-state index in [9.17, 15) is 4.79 Å². The maximum atomic E-state index is 12.4. The number of thioether (sulfide) groups is 1. The van der Waals surface area contributed by atoms with Gasteiger partial charge >= 0.3 is 0 Å². The van der Waals surface area contributed by atoms with Gasteiger partial charge in [0.15, 0.2) is 0 Å². The van der Waals surface area contributed by atoms with Crippen molar-refractivity contribution in [3.05, 3.63) is 47.6 Å². The van der Waals surface area contributed by atoms with E-state index >= 15 is 0 Å². The fourth-order valence-corrected chi connectivity index (χ4v) is 4.26. The Labute approximate surface area is 155 Å². The molecule has 0 unspecified atom stereocenters. The Morgan fingerprint density at radius 2 is 1.88 bits per heavy atom. The van der Waals surface area contributed by atoms with Gasteiger partial charge in [0.25, 0.3) is 0 Å². The summed E-state index contributed by atoms with van der Waals surface area (Å²) in [6.07, 6.45) is 1.55. The lowest BCUT2D eigenvalue weighted by molar-refractivity contribution is -0.127. The summed E-state index contributed by atoms with van der Waals surface area (Å²) in [7, 11) is 5.86. The maximum absolute atomic E-state index is 12.4. The molecule has 0 radical (unpaired) electrons. The van der Waals surface area contributed by atoms with Crippen LogP contribution < -0.4 is 4.90 Å². The molecule has 0 saturated carbocycles. The second kappa shape index (κ2) is 7.84. The van der Waals surface area contributed by atoms with Gasteiger partial charge in [0.1, 0.15) is 11.4 Å². The molecule has 0 N–H and O–H groups in total. The highest BCUT2D eigenvalue weighted by molar-refractivity contribution is 8.00. The Kier molecular flexibility index (Phi) is 5.55. The van der Waals surface area contributed by atoms with E-state index in [-0.39, 0.29) is 5.91 Å². The number of aromatic nitrogens is 2. The zero-order valence-electron chi connectivity index (χ0n) is 14.5. The Morgan fingerprint density at radius 1 is 1.12 bits per heavy atom. The fraction of sp³-hybridized carbons (Fsp3) is 0.278. The van der Waals surface area contributed by atoms with Gasteiger partial charge in [-0.05, 0) is 29.1 Å². The molecule has 0 aliphatic carbocycles. The van der Waals surface area contributed by atoms with E-state index < -0.39 is 0 Å². The third kappa shape index (κ3) is 4.29. The molecule has 130 valence electrons. The topological polar surface area (TPSA) is 49.3 Å². The largest absolute Gasteiger partial charge is 0.378 e. The van der Waals surface area contributed by atoms with Crippen molar-refractivity contribution in [2.75, 3.05) is 31.8 Å². The Bertz CT molecular complexity index is 861. The third-order valence-electron chi connectivity index (χ3n) is 3.84. The van der Waals surface area contributed by atoms with Crippen molar-refractivity contribution >= 4 is 44.9 Å². The van der Waals surface area contributed by atoms with Crippen molar-refractivity contribution in [2.24, 2.45) is 0 Å². The number of carbonyl (C=O) groups excluding carboxylic acids is 1. The number of benzene rings is 1. The van der Waals surface area contributed by atoms with Crippen molar-refractivity contribution in [3.63, 3.8) is 0 Å². The summed E-state index contributed by atoms with van der Waals surface area (Å²) >= 11 is 3.07. The molecule has 3 aromatic rings. The van der Waals surface area contributed by atoms with Gasteiger partial charge in [0.05, 0.1) is 16.0 Å². The molecular formula is C18H20N4OS2. The van der Waals surface area contributed by atoms with Crippen LogP contribution in [0.15, 0.2) is 47.1 Å². The van der Waals surface area contributed by atoms with E-state index in [1.165, 1.54) is 11.8 Å². The van der Waals surface area contributed by atoms with Gasteiger partial charge < -0.3 is 9.80 Å². The van der Waals surface area contributed by atoms with Crippen molar-refractivity contribution in [2.45, 2.75) is 11.6 Å². The molecule has 2 heterocycles. The number of thiophene rings is 1. The lowest BCUT2D eigenvalue weighted by Crippen LogP contribution is -2.27. The van der Waals surface area contributed by atoms with Crippen LogP contribution in [-0.2, 0) is 11.3 Å². The van der Waals surface area contributed by atoms with Crippen LogP contribution in [0, 0.1) is 0 Å². The summed E-state index contributed by atoms with van der Waals surface area (Å²) < 4.78 is 1.04. The SMILES string of the molecule is CN(Cc1ccc(N(C)C)cc1)C(=O)CSc1ncnc2ccsc12. The maximum Gasteiger partial charge on any atom is 0.233 e. The van der Waals surface area contributed by atoms with Crippen LogP contribution in [0.3, 0.4) is 0 Å². The fourth-order valence-electron chi connectivity index (χ4n) is 2.37. The van der Waals surface area contributed by atoms with E-state index in [1.54, 1.807) is 22.6 Å². The van der Waals surface area contributed by atoms with Crippen molar-refractivity contribution in [1.82, 2.24) is 14.9 Å². The monoisotopic (exact) mass is 372 g/mol. The predicted molar refractivity (Wildman–Crippen MR) is 105 cm³/mol. The van der Waals surface area contributed by atoms with Gasteiger partial charge in [0.2, 0.25) is 5.91 Å². The van der Waals surface area contributed by atoms with Crippen LogP contribution in [0.5, 0.6) is 0 Å². The normalized spacial score (nSPS) is 10.8. The number of carbonyl (C=O) groups is 1. The molecule has 0 aliphatic heterocycles. The number of hydrogen-bond donors (Lipinski definition) is 0. The number of rotatable bonds is 6. The molecule has 0 bridgehead atoms. The molecule has 2 aromatic heterocycles. The number of anilines is 1. The van der Waals surface area contributed by atoms with E-state index in [4.69, 9.17) is 0 Å². The first-order valence-electron chi connectivity index (χ1n) is 7.86. The summed E-state index contributed by atoms with van der Waals surface area (Å²) in [5, 5.41) is 2.87. The summed E-state index contributed by atoms with van der Waals surface area (Å²) in [4.78, 5) is 24.8. The van der Waals surface area contributed by atoms with Crippen LogP contribution in [0.4, 0.5) is 5.69 Å². The Hall–Kier alpha value is -2.12. The van der Waals surface area contributed by atoms with Gasteiger partial charge in [-0.15, -0.1) is 11.3 Å². The Morgan fingerprint density at radius 3 is 2.60 bits per heavy atom. The summed E-state index contributed by atoms with van der Waals surface area (Å²) in [6, 6.07) is 10.2. The van der Waals surface area contributed by atoms with Crippen LogP contribution in [-0.4, -0.2) is 47.7 Å². The first-order valence-corrected chi connectivity index (χ1v) is 9.72. The second-order valence-electron chi connectivity index (χ2n) is 5.91. The number of hydrogen-bond acceptors (Lipinski definition) is 6. The molecule has 0 aliphatic rings. The predicted octanol–water partition coefficient (Wildman–Crippen LogP) is 3.51. The van der Waals surface area contributed by atoms with E-state index in [1.807, 2.05) is 32.6 Å². The minimum absolute atomic E-state index is 0.0880. The van der Waals surface area contributed by atoms with E-state index in [2.05, 4.69) is 39.1 Å². The van der Waals surface area contributed by atoms with Crippen molar-refractivity contribution in [1.29, 1.82) is 0 Å². The molecule has 0 spiro atoms. The molecule has 5 nitrogen and oxygen atoms in total. The molecule has 3 rings (SSSR count). The third-order valence-corrected chi connectivity index (χ3v) is 5.85. The number of amides is 1. The zero-order valence-corrected chi connectivity index (χ0v) is 16.1. The smallest absolute Gasteiger partial charge is 0.233 e. The minimum Gasteiger partial charge on any atom is -0.378 e. The van der Waals surface area contributed by atoms with Crippen molar-refractivity contribution in [3.8, 4) is 0 Å².